The fraction of sp³-hybridized carbons (Fsp3) is 0.227. The number of nitrogens with zero attached hydrogens (tertiary/aromatic N) is 1. The minimum absolute atomic E-state index is 0.146. The molecule has 0 saturated carbocycles. The van der Waals surface area contributed by atoms with E-state index in [0.717, 1.165) is 11.3 Å². The molecule has 0 spiro atoms. The standard InChI is InChI=1S/C22H20N2O6S/c1-12-19(31-21(23-12)14-4-7-16(27-3)8-5-14)22(26)30-13(2)20(25)24-15-6-9-17-18(10-15)29-11-28-17/h4-10,13H,11H2,1-3H3,(H,24,25). The summed E-state index contributed by atoms with van der Waals surface area (Å²) in [6.07, 6.45) is -0.996. The zero-order valence-electron chi connectivity index (χ0n) is 17.1. The molecule has 1 aliphatic rings. The first kappa shape index (κ1) is 20.7. The molecule has 4 rings (SSSR count). The van der Waals surface area contributed by atoms with Gasteiger partial charge in [0, 0.05) is 17.3 Å². The summed E-state index contributed by atoms with van der Waals surface area (Å²) in [4.78, 5) is 29.9. The predicted molar refractivity (Wildman–Crippen MR) is 115 cm³/mol. The Morgan fingerprint density at radius 2 is 1.87 bits per heavy atom. The monoisotopic (exact) mass is 440 g/mol. The number of thiazole rings is 1. The molecule has 8 nitrogen and oxygen atoms in total. The summed E-state index contributed by atoms with van der Waals surface area (Å²) in [5.74, 6) is 0.853. The van der Waals surface area contributed by atoms with E-state index in [1.54, 1.807) is 32.2 Å². The Balaban J connectivity index is 1.41. The molecule has 0 saturated heterocycles. The Morgan fingerprint density at radius 1 is 1.13 bits per heavy atom. The van der Waals surface area contributed by atoms with Crippen molar-refractivity contribution in [2.24, 2.45) is 0 Å². The second kappa shape index (κ2) is 8.65. The summed E-state index contributed by atoms with van der Waals surface area (Å²) in [5, 5.41) is 3.39. The minimum atomic E-state index is -0.996. The number of fused-ring (bicyclic) bond motifs is 1. The first-order valence-electron chi connectivity index (χ1n) is 9.48. The maximum Gasteiger partial charge on any atom is 0.351 e. The largest absolute Gasteiger partial charge is 0.497 e. The van der Waals surface area contributed by atoms with E-state index in [4.69, 9.17) is 18.9 Å². The Labute approximate surface area is 182 Å². The van der Waals surface area contributed by atoms with Crippen LogP contribution in [0.2, 0.25) is 0 Å². The van der Waals surface area contributed by atoms with E-state index in [0.29, 0.717) is 32.8 Å². The van der Waals surface area contributed by atoms with E-state index < -0.39 is 18.0 Å². The van der Waals surface area contributed by atoms with Gasteiger partial charge in [-0.05, 0) is 50.2 Å². The van der Waals surface area contributed by atoms with Crippen LogP contribution in [0.5, 0.6) is 17.2 Å². The van der Waals surface area contributed by atoms with Crippen molar-refractivity contribution in [1.82, 2.24) is 4.98 Å². The summed E-state index contributed by atoms with van der Waals surface area (Å²) in [7, 11) is 1.60. The molecule has 1 atom stereocenters. The summed E-state index contributed by atoms with van der Waals surface area (Å²) >= 11 is 1.22. The van der Waals surface area contributed by atoms with Crippen LogP contribution in [-0.2, 0) is 9.53 Å². The molecule has 1 amide bonds. The number of rotatable bonds is 6. The van der Waals surface area contributed by atoms with Crippen molar-refractivity contribution in [3.05, 3.63) is 53.0 Å². The summed E-state index contributed by atoms with van der Waals surface area (Å²) in [6, 6.07) is 12.4. The molecule has 160 valence electrons. The molecule has 2 aromatic carbocycles. The third kappa shape index (κ3) is 4.46. The third-order valence-corrected chi connectivity index (χ3v) is 5.80. The summed E-state index contributed by atoms with van der Waals surface area (Å²) in [5.41, 5.74) is 1.93. The van der Waals surface area contributed by atoms with Crippen molar-refractivity contribution in [2.75, 3.05) is 19.2 Å². The van der Waals surface area contributed by atoms with Crippen LogP contribution in [0.4, 0.5) is 5.69 Å². The second-order valence-electron chi connectivity index (χ2n) is 6.77. The zero-order chi connectivity index (χ0) is 22.0. The van der Waals surface area contributed by atoms with Crippen LogP contribution in [0.3, 0.4) is 0 Å². The average molecular weight is 440 g/mol. The third-order valence-electron chi connectivity index (χ3n) is 4.61. The van der Waals surface area contributed by atoms with Gasteiger partial charge in [0.2, 0.25) is 6.79 Å². The number of amides is 1. The summed E-state index contributed by atoms with van der Waals surface area (Å²) < 4.78 is 21.1. The molecule has 0 fully saturated rings. The van der Waals surface area contributed by atoms with Gasteiger partial charge in [-0.15, -0.1) is 11.3 Å². The molecule has 1 aromatic heterocycles. The SMILES string of the molecule is COc1ccc(-c2nc(C)c(C(=O)OC(C)C(=O)Nc3ccc4c(c3)OCO4)s2)cc1. The molecule has 0 bridgehead atoms. The van der Waals surface area contributed by atoms with Crippen molar-refractivity contribution < 1.29 is 28.5 Å². The van der Waals surface area contributed by atoms with E-state index in [9.17, 15) is 9.59 Å². The highest BCUT2D eigenvalue weighted by Crippen LogP contribution is 2.34. The fourth-order valence-electron chi connectivity index (χ4n) is 2.93. The van der Waals surface area contributed by atoms with E-state index in [-0.39, 0.29) is 6.79 Å². The molecule has 1 N–H and O–H groups in total. The van der Waals surface area contributed by atoms with E-state index >= 15 is 0 Å². The van der Waals surface area contributed by atoms with Crippen LogP contribution in [0.25, 0.3) is 10.6 Å². The maximum atomic E-state index is 12.6. The molecule has 31 heavy (non-hydrogen) atoms. The van der Waals surface area contributed by atoms with Crippen LogP contribution in [0.1, 0.15) is 22.3 Å². The normalized spacial score (nSPS) is 12.9. The van der Waals surface area contributed by atoms with Crippen LogP contribution in [0, 0.1) is 6.92 Å². The first-order chi connectivity index (χ1) is 14.9. The molecule has 1 aliphatic heterocycles. The Hall–Kier alpha value is -3.59. The highest BCUT2D eigenvalue weighted by molar-refractivity contribution is 7.17. The highest BCUT2D eigenvalue weighted by Gasteiger charge is 2.24. The van der Waals surface area contributed by atoms with Crippen molar-refractivity contribution in [1.29, 1.82) is 0 Å². The lowest BCUT2D eigenvalue weighted by atomic mass is 10.2. The van der Waals surface area contributed by atoms with Crippen LogP contribution >= 0.6 is 11.3 Å². The number of aryl methyl sites for hydroxylation is 1. The fourth-order valence-corrected chi connectivity index (χ4v) is 3.88. The van der Waals surface area contributed by atoms with Gasteiger partial charge in [0.25, 0.3) is 5.91 Å². The van der Waals surface area contributed by atoms with Gasteiger partial charge >= 0.3 is 5.97 Å². The van der Waals surface area contributed by atoms with Crippen LogP contribution in [-0.4, -0.2) is 36.9 Å². The number of hydrogen-bond donors (Lipinski definition) is 1. The molecule has 0 aliphatic carbocycles. The Kier molecular flexibility index (Phi) is 5.77. The molecular weight excluding hydrogens is 420 g/mol. The van der Waals surface area contributed by atoms with Gasteiger partial charge in [-0.3, -0.25) is 4.79 Å². The first-order valence-corrected chi connectivity index (χ1v) is 10.3. The van der Waals surface area contributed by atoms with Crippen molar-refractivity contribution in [3.8, 4) is 27.8 Å². The number of methoxy groups -OCH3 is 1. The minimum Gasteiger partial charge on any atom is -0.497 e. The van der Waals surface area contributed by atoms with E-state index in [1.165, 1.54) is 18.3 Å². The number of carbonyl (C=O) groups is 2. The van der Waals surface area contributed by atoms with E-state index in [2.05, 4.69) is 10.3 Å². The molecular formula is C22H20N2O6S. The van der Waals surface area contributed by atoms with Crippen molar-refractivity contribution in [2.45, 2.75) is 20.0 Å². The van der Waals surface area contributed by atoms with Gasteiger partial charge in [-0.25, -0.2) is 9.78 Å². The molecule has 3 aromatic rings. The van der Waals surface area contributed by atoms with Crippen LogP contribution in [0.15, 0.2) is 42.5 Å². The molecule has 9 heteroatoms. The van der Waals surface area contributed by atoms with Gasteiger partial charge in [0.15, 0.2) is 17.6 Å². The molecule has 1 unspecified atom stereocenters. The average Bonchev–Trinajstić information content (AvgIpc) is 3.39. The van der Waals surface area contributed by atoms with Gasteiger partial charge in [0.1, 0.15) is 15.6 Å². The topological polar surface area (TPSA) is 96.0 Å². The Morgan fingerprint density at radius 3 is 2.61 bits per heavy atom. The van der Waals surface area contributed by atoms with Gasteiger partial charge < -0.3 is 24.3 Å². The quantitative estimate of drug-likeness (QED) is 0.578. The lowest BCUT2D eigenvalue weighted by molar-refractivity contribution is -0.123. The van der Waals surface area contributed by atoms with Gasteiger partial charge in [0.05, 0.1) is 12.8 Å². The highest BCUT2D eigenvalue weighted by atomic mass is 32.1. The number of benzene rings is 2. The van der Waals surface area contributed by atoms with E-state index in [1.807, 2.05) is 24.3 Å². The van der Waals surface area contributed by atoms with Gasteiger partial charge in [-0.1, -0.05) is 0 Å². The number of anilines is 1. The number of aromatic nitrogens is 1. The summed E-state index contributed by atoms with van der Waals surface area (Å²) in [6.45, 7) is 3.39. The Bertz CT molecular complexity index is 1130. The predicted octanol–water partition coefficient (Wildman–Crippen LogP) is 4.04. The molecule has 2 heterocycles. The lowest BCUT2D eigenvalue weighted by Gasteiger charge is -2.13. The zero-order valence-corrected chi connectivity index (χ0v) is 17.9. The number of nitrogens with one attached hydrogen (secondary N) is 1. The second-order valence-corrected chi connectivity index (χ2v) is 7.77. The number of hydrogen-bond acceptors (Lipinski definition) is 8. The number of carbonyl (C=O) groups excluding carboxylic acids is 2. The van der Waals surface area contributed by atoms with Crippen LogP contribution < -0.4 is 19.5 Å². The molecule has 0 radical (unpaired) electrons. The number of ether oxygens (including phenoxy) is 4. The van der Waals surface area contributed by atoms with Gasteiger partial charge in [-0.2, -0.15) is 0 Å². The number of esters is 1. The lowest BCUT2D eigenvalue weighted by Crippen LogP contribution is -2.29. The van der Waals surface area contributed by atoms with Crippen molar-refractivity contribution >= 4 is 28.9 Å². The smallest absolute Gasteiger partial charge is 0.351 e. The van der Waals surface area contributed by atoms with Crippen molar-refractivity contribution in [3.63, 3.8) is 0 Å². The maximum absolute atomic E-state index is 12.6.